The topological polar surface area (TPSA) is 41.6 Å². The molecule has 0 aromatic heterocycles. The summed E-state index contributed by atoms with van der Waals surface area (Å²) in [6.45, 7) is 6.91. The molecule has 3 rings (SSSR count). The van der Waals surface area contributed by atoms with Crippen molar-refractivity contribution in [1.82, 2.24) is 10.2 Å². The SMILES string of the molecule is CC(C)N1CC(CC2CC2)CC(NC(=O)OCc2ccccc2)C1. The first-order chi connectivity index (χ1) is 11.6. The number of alkyl carbamates (subject to hydrolysis) is 1. The molecule has 0 radical (unpaired) electrons. The number of carbonyl (C=O) groups is 1. The maximum Gasteiger partial charge on any atom is 0.407 e. The Balaban J connectivity index is 1.49. The fourth-order valence-corrected chi connectivity index (χ4v) is 3.69. The van der Waals surface area contributed by atoms with Crippen molar-refractivity contribution in [3.63, 3.8) is 0 Å². The van der Waals surface area contributed by atoms with Gasteiger partial charge in [0, 0.05) is 25.2 Å². The van der Waals surface area contributed by atoms with Crippen LogP contribution in [0.3, 0.4) is 0 Å². The van der Waals surface area contributed by atoms with Crippen LogP contribution in [0.4, 0.5) is 4.79 Å². The van der Waals surface area contributed by atoms with Crippen LogP contribution in [0.2, 0.25) is 0 Å². The standard InChI is InChI=1S/C20H30N2O2/c1-15(2)22-12-18(10-16-8-9-16)11-19(13-22)21-20(23)24-14-17-6-4-3-5-7-17/h3-7,15-16,18-19H,8-14H2,1-2H3,(H,21,23). The van der Waals surface area contributed by atoms with Crippen LogP contribution < -0.4 is 5.32 Å². The molecule has 4 heteroatoms. The number of ether oxygens (including phenoxy) is 1. The molecular formula is C20H30N2O2. The number of piperidine rings is 1. The van der Waals surface area contributed by atoms with Crippen LogP contribution in [0.25, 0.3) is 0 Å². The van der Waals surface area contributed by atoms with Crippen molar-refractivity contribution in [1.29, 1.82) is 0 Å². The summed E-state index contributed by atoms with van der Waals surface area (Å²) >= 11 is 0. The number of hydrogen-bond donors (Lipinski definition) is 1. The highest BCUT2D eigenvalue weighted by molar-refractivity contribution is 5.67. The highest BCUT2D eigenvalue weighted by Crippen LogP contribution is 2.38. The van der Waals surface area contributed by atoms with Gasteiger partial charge < -0.3 is 10.1 Å². The molecule has 1 aliphatic carbocycles. The quantitative estimate of drug-likeness (QED) is 0.862. The van der Waals surface area contributed by atoms with E-state index in [9.17, 15) is 4.79 Å². The zero-order chi connectivity index (χ0) is 16.9. The summed E-state index contributed by atoms with van der Waals surface area (Å²) < 4.78 is 5.39. The van der Waals surface area contributed by atoms with Crippen molar-refractivity contribution in [2.24, 2.45) is 11.8 Å². The molecule has 132 valence electrons. The number of hydrogen-bond acceptors (Lipinski definition) is 3. The van der Waals surface area contributed by atoms with Gasteiger partial charge in [-0.2, -0.15) is 0 Å². The third-order valence-corrected chi connectivity index (χ3v) is 5.19. The number of rotatable bonds is 6. The van der Waals surface area contributed by atoms with Crippen molar-refractivity contribution in [3.05, 3.63) is 35.9 Å². The van der Waals surface area contributed by atoms with E-state index in [-0.39, 0.29) is 12.1 Å². The lowest BCUT2D eigenvalue weighted by molar-refractivity contribution is 0.0913. The van der Waals surface area contributed by atoms with E-state index < -0.39 is 0 Å². The maximum atomic E-state index is 12.2. The van der Waals surface area contributed by atoms with Crippen LogP contribution in [-0.2, 0) is 11.3 Å². The zero-order valence-electron chi connectivity index (χ0n) is 14.9. The van der Waals surface area contributed by atoms with E-state index in [0.29, 0.717) is 18.6 Å². The minimum absolute atomic E-state index is 0.202. The second-order valence-electron chi connectivity index (χ2n) is 7.73. The molecule has 1 aliphatic heterocycles. The zero-order valence-corrected chi connectivity index (χ0v) is 14.9. The Morgan fingerprint density at radius 3 is 2.62 bits per heavy atom. The van der Waals surface area contributed by atoms with Gasteiger partial charge in [-0.3, -0.25) is 4.90 Å². The van der Waals surface area contributed by atoms with Crippen molar-refractivity contribution >= 4 is 6.09 Å². The van der Waals surface area contributed by atoms with Crippen molar-refractivity contribution < 1.29 is 9.53 Å². The van der Waals surface area contributed by atoms with Gasteiger partial charge >= 0.3 is 6.09 Å². The molecule has 1 amide bonds. The predicted molar refractivity (Wildman–Crippen MR) is 95.7 cm³/mol. The molecule has 2 aliphatic rings. The van der Waals surface area contributed by atoms with Gasteiger partial charge in [0.25, 0.3) is 0 Å². The molecule has 1 heterocycles. The van der Waals surface area contributed by atoms with Gasteiger partial charge in [-0.25, -0.2) is 4.79 Å². The van der Waals surface area contributed by atoms with Gasteiger partial charge in [0.2, 0.25) is 0 Å². The average Bonchev–Trinajstić information content (AvgIpc) is 3.37. The van der Waals surface area contributed by atoms with Crippen molar-refractivity contribution in [2.75, 3.05) is 13.1 Å². The second-order valence-corrected chi connectivity index (χ2v) is 7.73. The van der Waals surface area contributed by atoms with Gasteiger partial charge in [0.05, 0.1) is 0 Å². The number of carbonyl (C=O) groups excluding carboxylic acids is 1. The van der Waals surface area contributed by atoms with Gasteiger partial charge in [-0.1, -0.05) is 43.2 Å². The van der Waals surface area contributed by atoms with Gasteiger partial charge in [0.15, 0.2) is 0 Å². The normalized spacial score (nSPS) is 24.8. The first kappa shape index (κ1) is 17.3. The number of nitrogens with one attached hydrogen (secondary N) is 1. The first-order valence-electron chi connectivity index (χ1n) is 9.31. The van der Waals surface area contributed by atoms with Crippen LogP contribution in [0.15, 0.2) is 30.3 Å². The fraction of sp³-hybridized carbons (Fsp3) is 0.650. The molecule has 1 saturated carbocycles. The van der Waals surface area contributed by atoms with E-state index in [1.807, 2.05) is 30.3 Å². The number of benzene rings is 1. The van der Waals surface area contributed by atoms with Crippen LogP contribution in [0.1, 0.15) is 45.1 Å². The lowest BCUT2D eigenvalue weighted by Crippen LogP contribution is -2.52. The highest BCUT2D eigenvalue weighted by Gasteiger charge is 2.33. The largest absolute Gasteiger partial charge is 0.445 e. The van der Waals surface area contributed by atoms with E-state index >= 15 is 0 Å². The summed E-state index contributed by atoms with van der Waals surface area (Å²) in [5.74, 6) is 1.64. The lowest BCUT2D eigenvalue weighted by Gasteiger charge is -2.40. The molecule has 1 aromatic rings. The molecular weight excluding hydrogens is 300 g/mol. The molecule has 0 bridgehead atoms. The average molecular weight is 330 g/mol. The molecule has 24 heavy (non-hydrogen) atoms. The van der Waals surface area contributed by atoms with Gasteiger partial charge in [0.1, 0.15) is 6.61 Å². The van der Waals surface area contributed by atoms with Crippen LogP contribution >= 0.6 is 0 Å². The van der Waals surface area contributed by atoms with Crippen LogP contribution in [0.5, 0.6) is 0 Å². The fourth-order valence-electron chi connectivity index (χ4n) is 3.69. The van der Waals surface area contributed by atoms with Crippen LogP contribution in [-0.4, -0.2) is 36.2 Å². The third kappa shape index (κ3) is 5.23. The minimum atomic E-state index is -0.292. The van der Waals surface area contributed by atoms with Crippen molar-refractivity contribution in [2.45, 2.75) is 58.2 Å². The molecule has 1 N–H and O–H groups in total. The first-order valence-corrected chi connectivity index (χ1v) is 9.31. The Hall–Kier alpha value is -1.55. The minimum Gasteiger partial charge on any atom is -0.445 e. The molecule has 1 saturated heterocycles. The molecule has 2 fully saturated rings. The van der Waals surface area contributed by atoms with Crippen molar-refractivity contribution in [3.8, 4) is 0 Å². The third-order valence-electron chi connectivity index (χ3n) is 5.19. The summed E-state index contributed by atoms with van der Waals surface area (Å²) in [4.78, 5) is 14.6. The molecule has 0 spiro atoms. The summed E-state index contributed by atoms with van der Waals surface area (Å²) in [7, 11) is 0. The monoisotopic (exact) mass is 330 g/mol. The Kier molecular flexibility index (Phi) is 5.77. The highest BCUT2D eigenvalue weighted by atomic mass is 16.5. The smallest absolute Gasteiger partial charge is 0.407 e. The summed E-state index contributed by atoms with van der Waals surface area (Å²) in [5, 5.41) is 3.09. The molecule has 1 aromatic carbocycles. The number of nitrogens with zero attached hydrogens (tertiary/aromatic N) is 1. The van der Waals surface area contributed by atoms with Crippen LogP contribution in [0, 0.1) is 11.8 Å². The Labute approximate surface area is 145 Å². The maximum absolute atomic E-state index is 12.2. The Bertz CT molecular complexity index is 528. The van der Waals surface area contributed by atoms with Gasteiger partial charge in [-0.05, 0) is 44.1 Å². The van der Waals surface area contributed by atoms with E-state index in [0.717, 1.165) is 24.4 Å². The Morgan fingerprint density at radius 1 is 1.21 bits per heavy atom. The molecule has 4 nitrogen and oxygen atoms in total. The second kappa shape index (κ2) is 8.02. The van der Waals surface area contributed by atoms with E-state index in [1.165, 1.54) is 25.8 Å². The number of amides is 1. The predicted octanol–water partition coefficient (Wildman–Crippen LogP) is 3.81. The van der Waals surface area contributed by atoms with E-state index in [4.69, 9.17) is 4.74 Å². The summed E-state index contributed by atoms with van der Waals surface area (Å²) in [5.41, 5.74) is 1.02. The summed E-state index contributed by atoms with van der Waals surface area (Å²) in [6, 6.07) is 10.6. The Morgan fingerprint density at radius 2 is 1.96 bits per heavy atom. The van der Waals surface area contributed by atoms with E-state index in [1.54, 1.807) is 0 Å². The lowest BCUT2D eigenvalue weighted by atomic mass is 9.89. The molecule has 2 atom stereocenters. The van der Waals surface area contributed by atoms with E-state index in [2.05, 4.69) is 24.1 Å². The summed E-state index contributed by atoms with van der Waals surface area (Å²) in [6.07, 6.45) is 4.91. The number of likely N-dealkylation sites (tertiary alicyclic amines) is 1. The molecule has 2 unspecified atom stereocenters. The van der Waals surface area contributed by atoms with Gasteiger partial charge in [-0.15, -0.1) is 0 Å².